The Labute approximate surface area is 222 Å². The second-order valence-corrected chi connectivity index (χ2v) is 12.9. The molecule has 6 atom stereocenters. The van der Waals surface area contributed by atoms with Crippen molar-refractivity contribution in [2.24, 2.45) is 46.8 Å². The van der Waals surface area contributed by atoms with E-state index in [9.17, 15) is 19.2 Å². The zero-order valence-corrected chi connectivity index (χ0v) is 21.7. The first-order chi connectivity index (χ1) is 18.4. The van der Waals surface area contributed by atoms with E-state index in [1.807, 2.05) is 0 Å². The lowest BCUT2D eigenvalue weighted by Crippen LogP contribution is -2.51. The van der Waals surface area contributed by atoms with E-state index in [-0.39, 0.29) is 24.4 Å². The fraction of sp³-hybridized carbons (Fsp3) is 0.857. The van der Waals surface area contributed by atoms with Crippen molar-refractivity contribution in [3.8, 4) is 0 Å². The van der Waals surface area contributed by atoms with Crippen LogP contribution in [0.2, 0.25) is 0 Å². The first-order valence-corrected chi connectivity index (χ1v) is 14.4. The van der Waals surface area contributed by atoms with E-state index in [0.29, 0.717) is 43.9 Å². The average molecular weight is 532 g/mol. The SMILES string of the molecule is O=C(COC(=O)C12CC3CC(CC(C3)C1)C2)OC1C2CC3C1OC(=O)C3C2C(=O)OCCN1CCOCC1. The van der Waals surface area contributed by atoms with E-state index in [2.05, 4.69) is 4.90 Å². The molecule has 10 heteroatoms. The van der Waals surface area contributed by atoms with Crippen LogP contribution < -0.4 is 0 Å². The van der Waals surface area contributed by atoms with E-state index < -0.39 is 54.0 Å². The number of morpholine rings is 1. The van der Waals surface area contributed by atoms with Crippen molar-refractivity contribution in [2.45, 2.75) is 57.2 Å². The van der Waals surface area contributed by atoms with E-state index in [0.717, 1.165) is 32.4 Å². The Kier molecular flexibility index (Phi) is 6.18. The zero-order chi connectivity index (χ0) is 26.0. The maximum atomic E-state index is 13.1. The molecule has 208 valence electrons. The molecule has 2 aliphatic heterocycles. The Morgan fingerprint density at radius 1 is 0.921 bits per heavy atom. The molecule has 8 aliphatic rings. The predicted octanol–water partition coefficient (Wildman–Crippen LogP) is 1.34. The second-order valence-electron chi connectivity index (χ2n) is 12.9. The zero-order valence-electron chi connectivity index (χ0n) is 21.7. The van der Waals surface area contributed by atoms with Crippen molar-refractivity contribution in [1.29, 1.82) is 0 Å². The highest BCUT2D eigenvalue weighted by Crippen LogP contribution is 2.61. The summed E-state index contributed by atoms with van der Waals surface area (Å²) in [6.07, 6.45) is 5.58. The van der Waals surface area contributed by atoms with Gasteiger partial charge in [-0.1, -0.05) is 0 Å². The summed E-state index contributed by atoms with van der Waals surface area (Å²) in [5, 5.41) is 0. The van der Waals surface area contributed by atoms with Crippen molar-refractivity contribution in [1.82, 2.24) is 4.90 Å². The largest absolute Gasteiger partial charge is 0.464 e. The fourth-order valence-electron chi connectivity index (χ4n) is 9.49. The van der Waals surface area contributed by atoms with Gasteiger partial charge in [-0.05, 0) is 62.7 Å². The minimum absolute atomic E-state index is 0.156. The van der Waals surface area contributed by atoms with Gasteiger partial charge in [0.2, 0.25) is 0 Å². The maximum Gasteiger partial charge on any atom is 0.344 e. The fourth-order valence-corrected chi connectivity index (χ4v) is 9.49. The molecular weight excluding hydrogens is 494 g/mol. The van der Waals surface area contributed by atoms with E-state index in [1.165, 1.54) is 19.3 Å². The normalized spacial score (nSPS) is 44.2. The van der Waals surface area contributed by atoms with Gasteiger partial charge in [-0.25, -0.2) is 4.79 Å². The van der Waals surface area contributed by atoms with Crippen molar-refractivity contribution in [3.05, 3.63) is 0 Å². The highest BCUT2D eigenvalue weighted by atomic mass is 16.6. The van der Waals surface area contributed by atoms with Gasteiger partial charge in [0.1, 0.15) is 18.8 Å². The van der Waals surface area contributed by atoms with Crippen LogP contribution in [0.4, 0.5) is 0 Å². The van der Waals surface area contributed by atoms with Gasteiger partial charge in [0.05, 0.1) is 30.5 Å². The summed E-state index contributed by atoms with van der Waals surface area (Å²) in [6.45, 7) is 3.33. The Morgan fingerprint density at radius 3 is 2.29 bits per heavy atom. The lowest BCUT2D eigenvalue weighted by molar-refractivity contribution is -0.182. The van der Waals surface area contributed by atoms with Gasteiger partial charge in [-0.3, -0.25) is 19.3 Å². The van der Waals surface area contributed by atoms with Crippen molar-refractivity contribution in [3.63, 3.8) is 0 Å². The standard InChI is InChI=1S/C28H37NO9/c30-20(14-36-27(33)28-11-15-7-16(12-28)9-17(8-15)13-28)37-23-18-10-19-22(26(32)38-24(19)23)21(18)25(31)35-6-3-29-1-4-34-5-2-29/h15-19,21-24H,1-14H2. The lowest BCUT2D eigenvalue weighted by atomic mass is 9.49. The summed E-state index contributed by atoms with van der Waals surface area (Å²) in [4.78, 5) is 53.8. The molecule has 6 unspecified atom stereocenters. The third-order valence-electron chi connectivity index (χ3n) is 10.6. The summed E-state index contributed by atoms with van der Waals surface area (Å²) in [5.41, 5.74) is -0.439. The van der Waals surface area contributed by atoms with E-state index >= 15 is 0 Å². The Bertz CT molecular complexity index is 971. The summed E-state index contributed by atoms with van der Waals surface area (Å²) < 4.78 is 27.8. The molecule has 0 spiro atoms. The molecule has 0 aromatic rings. The molecule has 2 heterocycles. The first-order valence-electron chi connectivity index (χ1n) is 14.4. The smallest absolute Gasteiger partial charge is 0.344 e. The third-order valence-corrected chi connectivity index (χ3v) is 10.6. The molecule has 0 amide bonds. The van der Waals surface area contributed by atoms with Crippen LogP contribution in [0, 0.1) is 46.8 Å². The van der Waals surface area contributed by atoms with Crippen LogP contribution in [-0.4, -0.2) is 87.0 Å². The van der Waals surface area contributed by atoms with Crippen LogP contribution >= 0.6 is 0 Å². The number of hydrogen-bond donors (Lipinski definition) is 0. The third kappa shape index (κ3) is 4.13. The number of carbonyl (C=O) groups is 4. The van der Waals surface area contributed by atoms with Crippen LogP contribution in [-0.2, 0) is 42.9 Å². The second kappa shape index (κ2) is 9.47. The number of esters is 4. The van der Waals surface area contributed by atoms with Crippen molar-refractivity contribution in [2.75, 3.05) is 46.1 Å². The molecule has 0 aromatic heterocycles. The van der Waals surface area contributed by atoms with Crippen LogP contribution in [0.3, 0.4) is 0 Å². The van der Waals surface area contributed by atoms with Crippen LogP contribution in [0.5, 0.6) is 0 Å². The number of nitrogens with zero attached hydrogens (tertiary/aromatic N) is 1. The molecule has 38 heavy (non-hydrogen) atoms. The minimum Gasteiger partial charge on any atom is -0.464 e. The lowest BCUT2D eigenvalue weighted by Gasteiger charge is -2.55. The Balaban J connectivity index is 0.944. The molecule has 6 bridgehead atoms. The topological polar surface area (TPSA) is 118 Å². The molecule has 8 fully saturated rings. The highest BCUT2D eigenvalue weighted by molar-refractivity contribution is 5.86. The van der Waals surface area contributed by atoms with Crippen molar-refractivity contribution >= 4 is 23.9 Å². The van der Waals surface area contributed by atoms with E-state index in [1.54, 1.807) is 0 Å². The first kappa shape index (κ1) is 24.8. The van der Waals surface area contributed by atoms with Gasteiger partial charge in [0.15, 0.2) is 6.61 Å². The van der Waals surface area contributed by atoms with Gasteiger partial charge >= 0.3 is 23.9 Å². The monoisotopic (exact) mass is 531 g/mol. The highest BCUT2D eigenvalue weighted by Gasteiger charge is 2.70. The van der Waals surface area contributed by atoms with Gasteiger partial charge in [-0.15, -0.1) is 0 Å². The van der Waals surface area contributed by atoms with Gasteiger partial charge in [0.25, 0.3) is 0 Å². The van der Waals surface area contributed by atoms with Crippen LogP contribution in [0.1, 0.15) is 44.9 Å². The minimum atomic E-state index is -0.717. The quantitative estimate of drug-likeness (QED) is 0.335. The molecule has 8 rings (SSSR count). The van der Waals surface area contributed by atoms with E-state index in [4.69, 9.17) is 23.7 Å². The molecular formula is C28H37NO9. The molecule has 2 saturated heterocycles. The maximum absolute atomic E-state index is 13.1. The molecule has 0 aromatic carbocycles. The van der Waals surface area contributed by atoms with Crippen LogP contribution in [0.25, 0.3) is 0 Å². The van der Waals surface area contributed by atoms with Crippen LogP contribution in [0.15, 0.2) is 0 Å². The molecule has 10 nitrogen and oxygen atoms in total. The average Bonchev–Trinajstić information content (AvgIpc) is 3.51. The summed E-state index contributed by atoms with van der Waals surface area (Å²) in [7, 11) is 0. The molecule has 6 aliphatic carbocycles. The van der Waals surface area contributed by atoms with Gasteiger partial charge in [0, 0.05) is 31.5 Å². The summed E-state index contributed by atoms with van der Waals surface area (Å²) in [5.74, 6) is -1.66. The Morgan fingerprint density at radius 2 is 1.61 bits per heavy atom. The summed E-state index contributed by atoms with van der Waals surface area (Å²) in [6, 6.07) is 0. The number of hydrogen-bond acceptors (Lipinski definition) is 10. The number of ether oxygens (including phenoxy) is 5. The number of rotatable bonds is 8. The van der Waals surface area contributed by atoms with Crippen molar-refractivity contribution < 1.29 is 42.9 Å². The number of carbonyl (C=O) groups excluding carboxylic acids is 4. The van der Waals surface area contributed by atoms with Gasteiger partial charge in [-0.2, -0.15) is 0 Å². The molecule has 6 saturated carbocycles. The molecule has 0 N–H and O–H groups in total. The van der Waals surface area contributed by atoms with Gasteiger partial charge < -0.3 is 23.7 Å². The Hall–Kier alpha value is -2.20. The predicted molar refractivity (Wildman–Crippen MR) is 128 cm³/mol. The summed E-state index contributed by atoms with van der Waals surface area (Å²) >= 11 is 0. The number of fused-ring (bicyclic) bond motifs is 1. The molecule has 0 radical (unpaired) electrons.